The maximum atomic E-state index is 13.0. The number of nitrogens with zero attached hydrogens (tertiary/aromatic N) is 7. The van der Waals surface area contributed by atoms with Gasteiger partial charge in [-0.25, -0.2) is 4.68 Å². The molecule has 3 aromatic rings. The summed E-state index contributed by atoms with van der Waals surface area (Å²) in [5.74, 6) is 0.00520. The van der Waals surface area contributed by atoms with E-state index in [1.54, 1.807) is 23.4 Å². The first-order valence-electron chi connectivity index (χ1n) is 8.54. The zero-order valence-corrected chi connectivity index (χ0v) is 14.0. The average Bonchev–Trinajstić information content (AvgIpc) is 3.39. The van der Waals surface area contributed by atoms with E-state index in [0.717, 1.165) is 17.8 Å². The van der Waals surface area contributed by atoms with E-state index in [9.17, 15) is 4.79 Å². The van der Waals surface area contributed by atoms with Gasteiger partial charge in [-0.2, -0.15) is 0 Å². The second-order valence-electron chi connectivity index (χ2n) is 6.55. The third-order valence-corrected chi connectivity index (χ3v) is 5.03. The second kappa shape index (κ2) is 6.03. The topological polar surface area (TPSA) is 91.0 Å². The molecule has 0 saturated carbocycles. The minimum absolute atomic E-state index is 0.00520. The van der Waals surface area contributed by atoms with Crippen molar-refractivity contribution in [3.8, 4) is 5.69 Å². The molecular formula is C17H17N7O2. The van der Waals surface area contributed by atoms with Crippen molar-refractivity contribution in [2.24, 2.45) is 0 Å². The van der Waals surface area contributed by atoms with Crippen LogP contribution in [-0.4, -0.2) is 59.8 Å². The number of likely N-dealkylation sites (tertiary alicyclic amines) is 1. The number of carbonyl (C=O) groups is 1. The SMILES string of the molecule is O=C(c1cccc(-n2cnnc2)c1)N1CC[C@@H]2OCc3cnnn3[C@H]2C1. The third-order valence-electron chi connectivity index (χ3n) is 5.03. The van der Waals surface area contributed by atoms with Crippen LogP contribution in [0.25, 0.3) is 5.69 Å². The maximum Gasteiger partial charge on any atom is 0.254 e. The lowest BCUT2D eigenvalue weighted by Gasteiger charge is -2.41. The first kappa shape index (κ1) is 15.2. The van der Waals surface area contributed by atoms with Gasteiger partial charge in [0.15, 0.2) is 0 Å². The number of carbonyl (C=O) groups excluding carboxylic acids is 1. The Morgan fingerprint density at radius 2 is 2.08 bits per heavy atom. The van der Waals surface area contributed by atoms with Gasteiger partial charge in [0, 0.05) is 24.3 Å². The molecule has 5 rings (SSSR count). The summed E-state index contributed by atoms with van der Waals surface area (Å²) in [5.41, 5.74) is 2.45. The molecule has 9 heteroatoms. The quantitative estimate of drug-likeness (QED) is 0.680. The Bertz CT molecular complexity index is 936. The number of rotatable bonds is 2. The maximum absolute atomic E-state index is 13.0. The molecule has 2 aliphatic heterocycles. The monoisotopic (exact) mass is 351 g/mol. The predicted molar refractivity (Wildman–Crippen MR) is 89.5 cm³/mol. The minimum Gasteiger partial charge on any atom is -0.370 e. The number of hydrogen-bond acceptors (Lipinski definition) is 6. The van der Waals surface area contributed by atoms with E-state index in [0.29, 0.717) is 25.3 Å². The molecule has 0 N–H and O–H groups in total. The number of piperidine rings is 1. The van der Waals surface area contributed by atoms with Crippen LogP contribution < -0.4 is 0 Å². The van der Waals surface area contributed by atoms with Crippen LogP contribution in [-0.2, 0) is 11.3 Å². The zero-order valence-electron chi connectivity index (χ0n) is 14.0. The third kappa shape index (κ3) is 2.48. The molecule has 2 atom stereocenters. The molecule has 0 aliphatic carbocycles. The van der Waals surface area contributed by atoms with Crippen LogP contribution in [0.5, 0.6) is 0 Å². The Balaban J connectivity index is 1.40. The van der Waals surface area contributed by atoms with Crippen LogP contribution in [0.15, 0.2) is 43.1 Å². The zero-order chi connectivity index (χ0) is 17.5. The van der Waals surface area contributed by atoms with Crippen molar-refractivity contribution in [2.75, 3.05) is 13.1 Å². The lowest BCUT2D eigenvalue weighted by molar-refractivity contribution is -0.0605. The van der Waals surface area contributed by atoms with Crippen molar-refractivity contribution in [3.63, 3.8) is 0 Å². The van der Waals surface area contributed by atoms with Crippen molar-refractivity contribution in [1.29, 1.82) is 0 Å². The van der Waals surface area contributed by atoms with Gasteiger partial charge in [-0.1, -0.05) is 11.3 Å². The van der Waals surface area contributed by atoms with Crippen molar-refractivity contribution < 1.29 is 9.53 Å². The first-order chi connectivity index (χ1) is 12.8. The molecule has 26 heavy (non-hydrogen) atoms. The van der Waals surface area contributed by atoms with Gasteiger partial charge in [0.05, 0.1) is 30.6 Å². The molecular weight excluding hydrogens is 334 g/mol. The van der Waals surface area contributed by atoms with E-state index in [4.69, 9.17) is 4.74 Å². The van der Waals surface area contributed by atoms with Crippen LogP contribution >= 0.6 is 0 Å². The molecule has 1 amide bonds. The van der Waals surface area contributed by atoms with Gasteiger partial charge in [-0.15, -0.1) is 15.3 Å². The van der Waals surface area contributed by atoms with Crippen LogP contribution in [0.2, 0.25) is 0 Å². The van der Waals surface area contributed by atoms with E-state index < -0.39 is 0 Å². The van der Waals surface area contributed by atoms with E-state index in [2.05, 4.69) is 20.5 Å². The molecule has 4 heterocycles. The summed E-state index contributed by atoms with van der Waals surface area (Å²) in [4.78, 5) is 14.9. The van der Waals surface area contributed by atoms with Crippen molar-refractivity contribution >= 4 is 5.91 Å². The molecule has 1 fully saturated rings. The molecule has 1 aromatic carbocycles. The summed E-state index contributed by atoms with van der Waals surface area (Å²) in [6.45, 7) is 1.76. The van der Waals surface area contributed by atoms with Gasteiger partial charge in [0.25, 0.3) is 5.91 Å². The molecule has 2 aliphatic rings. The van der Waals surface area contributed by atoms with Crippen molar-refractivity contribution in [3.05, 3.63) is 54.4 Å². The molecule has 0 bridgehead atoms. The predicted octanol–water partition coefficient (Wildman–Crippen LogP) is 0.845. The van der Waals surface area contributed by atoms with E-state index in [1.165, 1.54) is 0 Å². The van der Waals surface area contributed by atoms with E-state index in [-0.39, 0.29) is 18.1 Å². The van der Waals surface area contributed by atoms with Gasteiger partial charge in [0.2, 0.25) is 0 Å². The first-order valence-corrected chi connectivity index (χ1v) is 8.54. The average molecular weight is 351 g/mol. The summed E-state index contributed by atoms with van der Waals surface area (Å²) in [6.07, 6.45) is 5.82. The highest BCUT2D eigenvalue weighted by Gasteiger charge is 2.38. The fourth-order valence-electron chi connectivity index (χ4n) is 3.68. The largest absolute Gasteiger partial charge is 0.370 e. The number of amides is 1. The Hall–Kier alpha value is -3.07. The molecule has 0 spiro atoms. The number of hydrogen-bond donors (Lipinski definition) is 0. The highest BCUT2D eigenvalue weighted by Crippen LogP contribution is 2.30. The number of benzene rings is 1. The number of ether oxygens (including phenoxy) is 1. The van der Waals surface area contributed by atoms with Crippen molar-refractivity contribution in [1.82, 2.24) is 34.7 Å². The highest BCUT2D eigenvalue weighted by atomic mass is 16.5. The number of aromatic nitrogens is 6. The fraction of sp³-hybridized carbons (Fsp3) is 0.353. The van der Waals surface area contributed by atoms with Crippen LogP contribution in [0.4, 0.5) is 0 Å². The van der Waals surface area contributed by atoms with E-state index in [1.807, 2.05) is 33.8 Å². The normalized spacial score (nSPS) is 21.9. The fourth-order valence-corrected chi connectivity index (χ4v) is 3.68. The second-order valence-corrected chi connectivity index (χ2v) is 6.55. The lowest BCUT2D eigenvalue weighted by atomic mass is 9.99. The Labute approximate surface area is 149 Å². The van der Waals surface area contributed by atoms with Gasteiger partial charge < -0.3 is 9.64 Å². The lowest BCUT2D eigenvalue weighted by Crippen LogP contribution is -2.49. The summed E-state index contributed by atoms with van der Waals surface area (Å²) >= 11 is 0. The molecule has 2 aromatic heterocycles. The van der Waals surface area contributed by atoms with E-state index >= 15 is 0 Å². The molecule has 1 saturated heterocycles. The summed E-state index contributed by atoms with van der Waals surface area (Å²) in [6, 6.07) is 7.49. The van der Waals surface area contributed by atoms with Crippen LogP contribution in [0.1, 0.15) is 28.5 Å². The summed E-state index contributed by atoms with van der Waals surface area (Å²) in [7, 11) is 0. The minimum atomic E-state index is 0.00520. The van der Waals surface area contributed by atoms with Crippen LogP contribution in [0, 0.1) is 0 Å². The smallest absolute Gasteiger partial charge is 0.254 e. The van der Waals surface area contributed by atoms with Crippen molar-refractivity contribution in [2.45, 2.75) is 25.2 Å². The van der Waals surface area contributed by atoms with Gasteiger partial charge >= 0.3 is 0 Å². The summed E-state index contributed by atoms with van der Waals surface area (Å²) in [5, 5.41) is 15.8. The summed E-state index contributed by atoms with van der Waals surface area (Å²) < 4.78 is 9.59. The van der Waals surface area contributed by atoms with Crippen LogP contribution in [0.3, 0.4) is 0 Å². The Morgan fingerprint density at radius 1 is 1.19 bits per heavy atom. The number of fused-ring (bicyclic) bond motifs is 3. The van der Waals surface area contributed by atoms with Gasteiger partial charge in [-0.05, 0) is 24.6 Å². The molecule has 9 nitrogen and oxygen atoms in total. The van der Waals surface area contributed by atoms with Gasteiger partial charge in [-0.3, -0.25) is 9.36 Å². The Kier molecular flexibility index (Phi) is 3.52. The molecule has 132 valence electrons. The van der Waals surface area contributed by atoms with Gasteiger partial charge in [0.1, 0.15) is 12.7 Å². The molecule has 0 unspecified atom stereocenters. The standard InChI is InChI=1S/C17H17N7O2/c25-17(12-2-1-3-13(6-12)23-10-19-20-11-23)22-5-4-16-15(8-22)24-14(9-26-16)7-18-21-24/h1-3,6-7,10-11,15-16H,4-5,8-9H2/t15-,16-/m0/s1. The Morgan fingerprint density at radius 3 is 2.96 bits per heavy atom. The molecule has 0 radical (unpaired) electrons. The highest BCUT2D eigenvalue weighted by molar-refractivity contribution is 5.94.